The van der Waals surface area contributed by atoms with E-state index in [0.717, 1.165) is 11.1 Å². The minimum atomic E-state index is -3.30. The SMILES string of the molecule is Cc1ccc(C(C)Nc2ccccc2S(C)(=O)=O)c(O)c1. The van der Waals surface area contributed by atoms with E-state index in [1.165, 1.54) is 6.26 Å². The summed E-state index contributed by atoms with van der Waals surface area (Å²) in [4.78, 5) is 0.253. The minimum Gasteiger partial charge on any atom is -0.508 e. The van der Waals surface area contributed by atoms with Crippen molar-refractivity contribution in [1.82, 2.24) is 0 Å². The maximum Gasteiger partial charge on any atom is 0.177 e. The molecule has 5 heteroatoms. The van der Waals surface area contributed by atoms with Crippen LogP contribution in [0.25, 0.3) is 0 Å². The molecule has 2 rings (SSSR count). The van der Waals surface area contributed by atoms with Crippen LogP contribution in [0.2, 0.25) is 0 Å². The lowest BCUT2D eigenvalue weighted by Crippen LogP contribution is -2.10. The lowest BCUT2D eigenvalue weighted by Gasteiger charge is -2.19. The van der Waals surface area contributed by atoms with Crippen molar-refractivity contribution in [2.75, 3.05) is 11.6 Å². The van der Waals surface area contributed by atoms with E-state index >= 15 is 0 Å². The number of aryl methyl sites for hydroxylation is 1. The van der Waals surface area contributed by atoms with E-state index in [0.29, 0.717) is 5.69 Å². The van der Waals surface area contributed by atoms with Crippen molar-refractivity contribution < 1.29 is 13.5 Å². The zero-order valence-corrected chi connectivity index (χ0v) is 13.1. The van der Waals surface area contributed by atoms with Crippen LogP contribution in [-0.4, -0.2) is 19.8 Å². The zero-order chi connectivity index (χ0) is 15.6. The number of aromatic hydroxyl groups is 1. The standard InChI is InChI=1S/C16H19NO3S/c1-11-8-9-13(15(18)10-11)12(2)17-14-6-4-5-7-16(14)21(3,19)20/h4-10,12,17-18H,1-3H3. The average molecular weight is 305 g/mol. The second-order valence-electron chi connectivity index (χ2n) is 5.20. The van der Waals surface area contributed by atoms with Crippen LogP contribution in [0.3, 0.4) is 0 Å². The molecular formula is C16H19NO3S. The lowest BCUT2D eigenvalue weighted by atomic mass is 10.0. The molecule has 0 aliphatic heterocycles. The van der Waals surface area contributed by atoms with Crippen LogP contribution in [-0.2, 0) is 9.84 Å². The molecule has 0 saturated carbocycles. The molecule has 2 aromatic carbocycles. The number of phenols is 1. The molecule has 1 atom stereocenters. The fourth-order valence-corrected chi connectivity index (χ4v) is 3.09. The summed E-state index contributed by atoms with van der Waals surface area (Å²) in [5, 5.41) is 13.2. The predicted octanol–water partition coefficient (Wildman–Crippen LogP) is 3.28. The Morgan fingerprint density at radius 3 is 2.43 bits per heavy atom. The lowest BCUT2D eigenvalue weighted by molar-refractivity contribution is 0.465. The van der Waals surface area contributed by atoms with Crippen molar-refractivity contribution in [3.05, 3.63) is 53.6 Å². The number of para-hydroxylation sites is 1. The number of sulfone groups is 1. The van der Waals surface area contributed by atoms with E-state index in [1.807, 2.05) is 26.0 Å². The molecule has 0 aromatic heterocycles. The van der Waals surface area contributed by atoms with Crippen LogP contribution in [0.15, 0.2) is 47.4 Å². The highest BCUT2D eigenvalue weighted by molar-refractivity contribution is 7.90. The molecule has 2 aromatic rings. The average Bonchev–Trinajstić information content (AvgIpc) is 2.37. The summed E-state index contributed by atoms with van der Waals surface area (Å²) in [5.74, 6) is 0.201. The normalized spacial score (nSPS) is 12.9. The predicted molar refractivity (Wildman–Crippen MR) is 84.4 cm³/mol. The number of anilines is 1. The van der Waals surface area contributed by atoms with E-state index in [9.17, 15) is 13.5 Å². The molecule has 112 valence electrons. The largest absolute Gasteiger partial charge is 0.508 e. The highest BCUT2D eigenvalue weighted by Gasteiger charge is 2.16. The number of phenolic OH excluding ortho intramolecular Hbond substituents is 1. The van der Waals surface area contributed by atoms with Crippen LogP contribution in [0.1, 0.15) is 24.1 Å². The number of benzene rings is 2. The van der Waals surface area contributed by atoms with Gasteiger partial charge >= 0.3 is 0 Å². The smallest absolute Gasteiger partial charge is 0.177 e. The molecule has 0 aliphatic rings. The molecular weight excluding hydrogens is 286 g/mol. The van der Waals surface area contributed by atoms with E-state index in [2.05, 4.69) is 5.32 Å². The second-order valence-corrected chi connectivity index (χ2v) is 7.18. The van der Waals surface area contributed by atoms with E-state index in [-0.39, 0.29) is 16.7 Å². The Kier molecular flexibility index (Phi) is 4.23. The van der Waals surface area contributed by atoms with Gasteiger partial charge in [0.05, 0.1) is 16.6 Å². The van der Waals surface area contributed by atoms with E-state index in [1.54, 1.807) is 30.3 Å². The summed E-state index contributed by atoms with van der Waals surface area (Å²) in [7, 11) is -3.30. The van der Waals surface area contributed by atoms with Gasteiger partial charge in [-0.1, -0.05) is 24.3 Å². The van der Waals surface area contributed by atoms with Crippen LogP contribution in [0.4, 0.5) is 5.69 Å². The molecule has 0 spiro atoms. The molecule has 0 amide bonds. The van der Waals surface area contributed by atoms with Crippen molar-refractivity contribution >= 4 is 15.5 Å². The van der Waals surface area contributed by atoms with Crippen molar-refractivity contribution in [2.24, 2.45) is 0 Å². The molecule has 1 unspecified atom stereocenters. The quantitative estimate of drug-likeness (QED) is 0.909. The summed E-state index contributed by atoms with van der Waals surface area (Å²) in [6, 6.07) is 12.0. The van der Waals surface area contributed by atoms with Crippen LogP contribution in [0.5, 0.6) is 5.75 Å². The summed E-state index contributed by atoms with van der Waals surface area (Å²) in [6.07, 6.45) is 1.18. The first-order chi connectivity index (χ1) is 9.79. The number of nitrogens with one attached hydrogen (secondary N) is 1. The van der Waals surface area contributed by atoms with Gasteiger partial charge in [-0.25, -0.2) is 8.42 Å². The molecule has 2 N–H and O–H groups in total. The number of hydrogen-bond acceptors (Lipinski definition) is 4. The molecule has 0 radical (unpaired) electrons. The van der Waals surface area contributed by atoms with Gasteiger partial charge < -0.3 is 10.4 Å². The fraction of sp³-hybridized carbons (Fsp3) is 0.250. The Morgan fingerprint density at radius 1 is 1.14 bits per heavy atom. The maximum atomic E-state index is 11.8. The van der Waals surface area contributed by atoms with E-state index in [4.69, 9.17) is 0 Å². The monoisotopic (exact) mass is 305 g/mol. The van der Waals surface area contributed by atoms with Gasteiger partial charge in [-0.3, -0.25) is 0 Å². The third-order valence-corrected chi connectivity index (χ3v) is 4.47. The first-order valence-electron chi connectivity index (χ1n) is 6.64. The van der Waals surface area contributed by atoms with Gasteiger partial charge in [0.15, 0.2) is 9.84 Å². The van der Waals surface area contributed by atoms with Crippen molar-refractivity contribution in [3.63, 3.8) is 0 Å². The molecule has 4 nitrogen and oxygen atoms in total. The topological polar surface area (TPSA) is 66.4 Å². The summed E-state index contributed by atoms with van der Waals surface area (Å²) in [5.41, 5.74) is 2.23. The second kappa shape index (κ2) is 5.77. The first-order valence-corrected chi connectivity index (χ1v) is 8.53. The Morgan fingerprint density at radius 2 is 1.81 bits per heavy atom. The number of rotatable bonds is 4. The van der Waals surface area contributed by atoms with Crippen LogP contribution >= 0.6 is 0 Å². The molecule has 0 bridgehead atoms. The Bertz CT molecular complexity index is 754. The highest BCUT2D eigenvalue weighted by Crippen LogP contribution is 2.30. The zero-order valence-electron chi connectivity index (χ0n) is 12.3. The van der Waals surface area contributed by atoms with Gasteiger partial charge in [0.1, 0.15) is 5.75 Å². The molecule has 0 aliphatic carbocycles. The van der Waals surface area contributed by atoms with Gasteiger partial charge in [0, 0.05) is 11.8 Å². The van der Waals surface area contributed by atoms with Gasteiger partial charge in [0.25, 0.3) is 0 Å². The Labute approximate surface area is 125 Å². The first kappa shape index (κ1) is 15.4. The third-order valence-electron chi connectivity index (χ3n) is 3.31. The summed E-state index contributed by atoms with van der Waals surface area (Å²) in [6.45, 7) is 3.78. The van der Waals surface area contributed by atoms with Gasteiger partial charge in [-0.05, 0) is 37.6 Å². The van der Waals surface area contributed by atoms with Crippen LogP contribution in [0, 0.1) is 6.92 Å². The fourth-order valence-electron chi connectivity index (χ4n) is 2.24. The molecule has 21 heavy (non-hydrogen) atoms. The van der Waals surface area contributed by atoms with Crippen molar-refractivity contribution in [1.29, 1.82) is 0 Å². The summed E-state index contributed by atoms with van der Waals surface area (Å²) >= 11 is 0. The molecule has 0 fully saturated rings. The minimum absolute atomic E-state index is 0.201. The van der Waals surface area contributed by atoms with Gasteiger partial charge in [-0.2, -0.15) is 0 Å². The summed E-state index contributed by atoms with van der Waals surface area (Å²) < 4.78 is 23.6. The molecule has 0 saturated heterocycles. The Balaban J connectivity index is 2.34. The molecule has 0 heterocycles. The van der Waals surface area contributed by atoms with E-state index < -0.39 is 9.84 Å². The Hall–Kier alpha value is -2.01. The van der Waals surface area contributed by atoms with Gasteiger partial charge in [-0.15, -0.1) is 0 Å². The highest BCUT2D eigenvalue weighted by atomic mass is 32.2. The third kappa shape index (κ3) is 3.55. The maximum absolute atomic E-state index is 11.8. The van der Waals surface area contributed by atoms with Crippen molar-refractivity contribution in [2.45, 2.75) is 24.8 Å². The van der Waals surface area contributed by atoms with Gasteiger partial charge in [0.2, 0.25) is 0 Å². The van der Waals surface area contributed by atoms with Crippen LogP contribution < -0.4 is 5.32 Å². The van der Waals surface area contributed by atoms with Crippen molar-refractivity contribution in [3.8, 4) is 5.75 Å². The number of hydrogen-bond donors (Lipinski definition) is 2.